The number of anilines is 1. The van der Waals surface area contributed by atoms with Gasteiger partial charge < -0.3 is 20.2 Å². The van der Waals surface area contributed by atoms with Gasteiger partial charge in [0.2, 0.25) is 5.91 Å². The molecule has 1 aromatic heterocycles. The van der Waals surface area contributed by atoms with Crippen LogP contribution in [0.4, 0.5) is 5.69 Å². The van der Waals surface area contributed by atoms with Gasteiger partial charge in [0, 0.05) is 25.3 Å². The lowest BCUT2D eigenvalue weighted by molar-refractivity contribution is -0.116. The van der Waals surface area contributed by atoms with Gasteiger partial charge in [-0.3, -0.25) is 4.79 Å². The summed E-state index contributed by atoms with van der Waals surface area (Å²) in [4.78, 5) is 11.8. The van der Waals surface area contributed by atoms with Crippen LogP contribution in [0.1, 0.15) is 24.2 Å². The van der Waals surface area contributed by atoms with Crippen LogP contribution < -0.4 is 11.1 Å². The Morgan fingerprint density at radius 3 is 2.86 bits per heavy atom. The maximum Gasteiger partial charge on any atom is 0.224 e. The summed E-state index contributed by atoms with van der Waals surface area (Å²) in [5, 5.41) is 2.87. The predicted octanol–water partition coefficient (Wildman–Crippen LogP) is 2.67. The van der Waals surface area contributed by atoms with Crippen LogP contribution in [0.15, 0.2) is 47.1 Å². The van der Waals surface area contributed by atoms with Gasteiger partial charge in [-0.2, -0.15) is 0 Å². The van der Waals surface area contributed by atoms with E-state index in [-0.39, 0.29) is 5.91 Å². The van der Waals surface area contributed by atoms with Crippen molar-refractivity contribution in [1.82, 2.24) is 0 Å². The summed E-state index contributed by atoms with van der Waals surface area (Å²) in [7, 11) is 0. The molecule has 0 saturated carbocycles. The van der Waals surface area contributed by atoms with Crippen LogP contribution in [0.3, 0.4) is 0 Å². The molecule has 3 N–H and O–H groups in total. The van der Waals surface area contributed by atoms with Crippen LogP contribution in [0.2, 0.25) is 0 Å². The third kappa shape index (κ3) is 5.06. The van der Waals surface area contributed by atoms with Crippen LogP contribution in [-0.4, -0.2) is 12.5 Å². The van der Waals surface area contributed by atoms with E-state index in [2.05, 4.69) is 5.32 Å². The summed E-state index contributed by atoms with van der Waals surface area (Å²) in [6.07, 6.45) is 2.69. The molecule has 0 unspecified atom stereocenters. The Bertz CT molecular complexity index is 552. The smallest absolute Gasteiger partial charge is 0.224 e. The zero-order valence-electron chi connectivity index (χ0n) is 11.9. The van der Waals surface area contributed by atoms with Crippen molar-refractivity contribution in [3.05, 3.63) is 54.0 Å². The SMILES string of the molecule is NCc1ccccc1NC(=O)CCCOCc1ccco1. The lowest BCUT2D eigenvalue weighted by Gasteiger charge is -2.09. The summed E-state index contributed by atoms with van der Waals surface area (Å²) in [6, 6.07) is 11.2. The number of furan rings is 1. The maximum absolute atomic E-state index is 11.8. The number of amides is 1. The third-order valence-electron chi connectivity index (χ3n) is 3.03. The first kappa shape index (κ1) is 15.3. The lowest BCUT2D eigenvalue weighted by Crippen LogP contribution is -2.14. The van der Waals surface area contributed by atoms with Gasteiger partial charge in [-0.1, -0.05) is 18.2 Å². The highest BCUT2D eigenvalue weighted by Crippen LogP contribution is 2.14. The van der Waals surface area contributed by atoms with E-state index in [0.717, 1.165) is 17.0 Å². The monoisotopic (exact) mass is 288 g/mol. The number of hydrogen-bond donors (Lipinski definition) is 2. The minimum atomic E-state index is -0.0301. The van der Waals surface area contributed by atoms with Crippen molar-refractivity contribution in [3.8, 4) is 0 Å². The second kappa shape index (κ2) is 8.24. The molecule has 2 rings (SSSR count). The van der Waals surface area contributed by atoms with Crippen molar-refractivity contribution < 1.29 is 13.9 Å². The molecule has 5 heteroatoms. The van der Waals surface area contributed by atoms with Crippen molar-refractivity contribution in [1.29, 1.82) is 0 Å². The number of rotatable bonds is 8. The molecule has 0 aliphatic carbocycles. The van der Waals surface area contributed by atoms with Crippen LogP contribution >= 0.6 is 0 Å². The fraction of sp³-hybridized carbons (Fsp3) is 0.312. The first-order chi connectivity index (χ1) is 10.3. The van der Waals surface area contributed by atoms with Gasteiger partial charge in [0.05, 0.1) is 6.26 Å². The van der Waals surface area contributed by atoms with E-state index in [4.69, 9.17) is 14.9 Å². The van der Waals surface area contributed by atoms with Crippen LogP contribution in [0, 0.1) is 0 Å². The summed E-state index contributed by atoms with van der Waals surface area (Å²) >= 11 is 0. The highest BCUT2D eigenvalue weighted by atomic mass is 16.5. The van der Waals surface area contributed by atoms with Gasteiger partial charge in [-0.05, 0) is 30.2 Å². The van der Waals surface area contributed by atoms with E-state index >= 15 is 0 Å². The Morgan fingerprint density at radius 1 is 1.24 bits per heavy atom. The molecule has 1 aromatic carbocycles. The number of carbonyl (C=O) groups is 1. The maximum atomic E-state index is 11.8. The highest BCUT2D eigenvalue weighted by Gasteiger charge is 2.05. The van der Waals surface area contributed by atoms with E-state index in [9.17, 15) is 4.79 Å². The molecule has 5 nitrogen and oxygen atoms in total. The Morgan fingerprint density at radius 2 is 2.10 bits per heavy atom. The average Bonchev–Trinajstić information content (AvgIpc) is 3.01. The average molecular weight is 288 g/mol. The second-order valence-electron chi connectivity index (χ2n) is 4.64. The van der Waals surface area contributed by atoms with Crippen LogP contribution in [0.5, 0.6) is 0 Å². The second-order valence-corrected chi connectivity index (χ2v) is 4.64. The van der Waals surface area contributed by atoms with Gasteiger partial charge >= 0.3 is 0 Å². The normalized spacial score (nSPS) is 10.5. The van der Waals surface area contributed by atoms with Crippen molar-refractivity contribution in [3.63, 3.8) is 0 Å². The van der Waals surface area contributed by atoms with E-state index in [1.54, 1.807) is 6.26 Å². The predicted molar refractivity (Wildman–Crippen MR) is 80.6 cm³/mol. The van der Waals surface area contributed by atoms with Gasteiger partial charge in [-0.15, -0.1) is 0 Å². The van der Waals surface area contributed by atoms with Crippen molar-refractivity contribution >= 4 is 11.6 Å². The molecular weight excluding hydrogens is 268 g/mol. The van der Waals surface area contributed by atoms with Crippen molar-refractivity contribution in [2.75, 3.05) is 11.9 Å². The number of hydrogen-bond acceptors (Lipinski definition) is 4. The van der Waals surface area contributed by atoms with E-state index < -0.39 is 0 Å². The molecule has 0 fully saturated rings. The third-order valence-corrected chi connectivity index (χ3v) is 3.03. The first-order valence-corrected chi connectivity index (χ1v) is 6.97. The summed E-state index contributed by atoms with van der Waals surface area (Å²) in [5.74, 6) is 0.758. The summed E-state index contributed by atoms with van der Waals surface area (Å²) < 4.78 is 10.6. The quantitative estimate of drug-likeness (QED) is 0.732. The zero-order valence-corrected chi connectivity index (χ0v) is 11.9. The van der Waals surface area contributed by atoms with Gasteiger partial charge in [0.1, 0.15) is 12.4 Å². The first-order valence-electron chi connectivity index (χ1n) is 6.97. The molecule has 112 valence electrons. The Kier molecular flexibility index (Phi) is 5.99. The molecular formula is C16H20N2O3. The molecule has 0 spiro atoms. The van der Waals surface area contributed by atoms with Crippen LogP contribution in [0.25, 0.3) is 0 Å². The van der Waals surface area contributed by atoms with Gasteiger partial charge in [0.25, 0.3) is 0 Å². The van der Waals surface area contributed by atoms with Gasteiger partial charge in [-0.25, -0.2) is 0 Å². The van der Waals surface area contributed by atoms with E-state index in [1.165, 1.54) is 0 Å². The molecule has 1 amide bonds. The van der Waals surface area contributed by atoms with E-state index in [1.807, 2.05) is 36.4 Å². The molecule has 0 saturated heterocycles. The number of para-hydroxylation sites is 1. The fourth-order valence-corrected chi connectivity index (χ4v) is 1.94. The molecule has 21 heavy (non-hydrogen) atoms. The molecule has 0 atom stereocenters. The zero-order chi connectivity index (χ0) is 14.9. The Balaban J connectivity index is 1.65. The molecule has 0 aliphatic rings. The number of benzene rings is 1. The summed E-state index contributed by atoms with van der Waals surface area (Å²) in [5.41, 5.74) is 7.34. The van der Waals surface area contributed by atoms with Crippen LogP contribution in [-0.2, 0) is 22.7 Å². The molecule has 0 aliphatic heterocycles. The number of carbonyl (C=O) groups excluding carboxylic acids is 1. The highest BCUT2D eigenvalue weighted by molar-refractivity contribution is 5.91. The van der Waals surface area contributed by atoms with E-state index in [0.29, 0.717) is 32.6 Å². The minimum Gasteiger partial charge on any atom is -0.467 e. The van der Waals surface area contributed by atoms with Gasteiger partial charge in [0.15, 0.2) is 0 Å². The fourth-order valence-electron chi connectivity index (χ4n) is 1.94. The standard InChI is InChI=1S/C16H20N2O3/c17-11-13-5-1-2-7-15(13)18-16(19)8-4-9-20-12-14-6-3-10-21-14/h1-3,5-7,10H,4,8-9,11-12,17H2,(H,18,19). The van der Waals surface area contributed by atoms with Crippen molar-refractivity contribution in [2.45, 2.75) is 26.0 Å². The molecule has 0 bridgehead atoms. The number of ether oxygens (including phenoxy) is 1. The topological polar surface area (TPSA) is 77.5 Å². The Hall–Kier alpha value is -2.11. The Labute approximate surface area is 124 Å². The number of nitrogens with two attached hydrogens (primary N) is 1. The minimum absolute atomic E-state index is 0.0301. The largest absolute Gasteiger partial charge is 0.467 e. The molecule has 2 aromatic rings. The summed E-state index contributed by atoms with van der Waals surface area (Å²) in [6.45, 7) is 1.36. The molecule has 0 radical (unpaired) electrons. The van der Waals surface area contributed by atoms with Crippen molar-refractivity contribution in [2.24, 2.45) is 5.73 Å². The lowest BCUT2D eigenvalue weighted by atomic mass is 10.1. The molecule has 1 heterocycles. The number of nitrogens with one attached hydrogen (secondary N) is 1.